The van der Waals surface area contributed by atoms with Gasteiger partial charge in [-0.15, -0.1) is 0 Å². The van der Waals surface area contributed by atoms with E-state index in [0.29, 0.717) is 35.7 Å². The summed E-state index contributed by atoms with van der Waals surface area (Å²) in [6, 6.07) is 7.82. The van der Waals surface area contributed by atoms with E-state index in [1.807, 2.05) is 13.0 Å². The third kappa shape index (κ3) is 4.20. The molecule has 2 heterocycles. The molecular weight excluding hydrogens is 364 g/mol. The summed E-state index contributed by atoms with van der Waals surface area (Å²) in [5, 5.41) is 18.4. The number of carbonyl (C=O) groups is 2. The van der Waals surface area contributed by atoms with Crippen molar-refractivity contribution in [2.24, 2.45) is 0 Å². The molecule has 1 unspecified atom stereocenters. The summed E-state index contributed by atoms with van der Waals surface area (Å²) >= 11 is 0. The van der Waals surface area contributed by atoms with Crippen LogP contribution in [0.2, 0.25) is 0 Å². The van der Waals surface area contributed by atoms with Gasteiger partial charge in [-0.3, -0.25) is 4.79 Å². The molecule has 0 radical (unpaired) electrons. The average molecular weight is 384 g/mol. The van der Waals surface area contributed by atoms with Gasteiger partial charge in [0.2, 0.25) is 11.8 Å². The zero-order valence-electron chi connectivity index (χ0n) is 15.4. The number of hydrogen-bond acceptors (Lipinski definition) is 6. The van der Waals surface area contributed by atoms with Crippen LogP contribution < -0.4 is 15.4 Å². The van der Waals surface area contributed by atoms with Crippen molar-refractivity contribution in [3.05, 3.63) is 42.2 Å². The smallest absolute Gasteiger partial charge is 0.405 e. The molecular formula is C19H20N4O5. The summed E-state index contributed by atoms with van der Waals surface area (Å²) in [5.41, 5.74) is 1.86. The summed E-state index contributed by atoms with van der Waals surface area (Å²) in [4.78, 5) is 27.1. The van der Waals surface area contributed by atoms with Gasteiger partial charge in [-0.05, 0) is 31.0 Å². The maximum absolute atomic E-state index is 12.1. The van der Waals surface area contributed by atoms with Crippen molar-refractivity contribution in [1.82, 2.24) is 15.5 Å². The van der Waals surface area contributed by atoms with Gasteiger partial charge in [0.05, 0.1) is 23.0 Å². The molecule has 146 valence electrons. The standard InChI is InChI=1S/C19H20N4O5/c1-3-12-17-14(6-5-7-15(17)28-23-12)27-16-9-8-11(10-20-16)21-18(24)13(4-2)22-19(25)26/h5-10,13,22H,3-4H2,1-2H3,(H,21,24)(H,25,26). The number of rotatable bonds is 7. The summed E-state index contributed by atoms with van der Waals surface area (Å²) in [6.45, 7) is 3.69. The van der Waals surface area contributed by atoms with Crippen LogP contribution in [-0.2, 0) is 11.2 Å². The van der Waals surface area contributed by atoms with Gasteiger partial charge in [-0.2, -0.15) is 0 Å². The van der Waals surface area contributed by atoms with Crippen LogP contribution >= 0.6 is 0 Å². The average Bonchev–Trinajstić information content (AvgIpc) is 3.11. The highest BCUT2D eigenvalue weighted by atomic mass is 16.5. The number of ether oxygens (including phenoxy) is 1. The fourth-order valence-electron chi connectivity index (χ4n) is 2.71. The number of carboxylic acid groups (broad SMARTS) is 1. The lowest BCUT2D eigenvalue weighted by atomic mass is 10.1. The van der Waals surface area contributed by atoms with Crippen LogP contribution in [0.5, 0.6) is 11.6 Å². The molecule has 1 atom stereocenters. The van der Waals surface area contributed by atoms with Crippen LogP contribution in [0.4, 0.5) is 10.5 Å². The third-order valence-electron chi connectivity index (χ3n) is 4.11. The minimum Gasteiger partial charge on any atom is -0.465 e. The Hall–Kier alpha value is -3.62. The van der Waals surface area contributed by atoms with E-state index in [9.17, 15) is 9.59 Å². The van der Waals surface area contributed by atoms with Crippen LogP contribution in [0.25, 0.3) is 11.0 Å². The quantitative estimate of drug-likeness (QED) is 0.568. The first kappa shape index (κ1) is 19.2. The van der Waals surface area contributed by atoms with E-state index in [2.05, 4.69) is 20.8 Å². The van der Waals surface area contributed by atoms with E-state index in [1.165, 1.54) is 6.20 Å². The molecule has 2 aromatic heterocycles. The number of hydrogen-bond donors (Lipinski definition) is 3. The predicted octanol–water partition coefficient (Wildman–Crippen LogP) is 3.56. The lowest BCUT2D eigenvalue weighted by molar-refractivity contribution is -0.118. The van der Waals surface area contributed by atoms with E-state index in [1.54, 1.807) is 31.2 Å². The Kier molecular flexibility index (Phi) is 5.73. The molecule has 0 bridgehead atoms. The van der Waals surface area contributed by atoms with Crippen molar-refractivity contribution in [1.29, 1.82) is 0 Å². The van der Waals surface area contributed by atoms with Gasteiger partial charge in [0.15, 0.2) is 5.58 Å². The summed E-state index contributed by atoms with van der Waals surface area (Å²) < 4.78 is 11.2. The molecule has 3 rings (SSSR count). The minimum absolute atomic E-state index is 0.329. The molecule has 0 saturated carbocycles. The number of fused-ring (bicyclic) bond motifs is 1. The predicted molar refractivity (Wildman–Crippen MR) is 102 cm³/mol. The first-order valence-electron chi connectivity index (χ1n) is 8.83. The van der Waals surface area contributed by atoms with Crippen LogP contribution in [0.1, 0.15) is 26.0 Å². The number of aryl methyl sites for hydroxylation is 1. The first-order valence-corrected chi connectivity index (χ1v) is 8.83. The summed E-state index contributed by atoms with van der Waals surface area (Å²) in [7, 11) is 0. The minimum atomic E-state index is -1.25. The van der Waals surface area contributed by atoms with Gasteiger partial charge in [0.25, 0.3) is 0 Å². The van der Waals surface area contributed by atoms with Gasteiger partial charge < -0.3 is 25.0 Å². The maximum atomic E-state index is 12.1. The number of benzene rings is 1. The molecule has 28 heavy (non-hydrogen) atoms. The van der Waals surface area contributed by atoms with E-state index in [0.717, 1.165) is 11.1 Å². The lowest BCUT2D eigenvalue weighted by Crippen LogP contribution is -2.42. The highest BCUT2D eigenvalue weighted by molar-refractivity contribution is 5.96. The molecule has 9 heteroatoms. The Morgan fingerprint density at radius 2 is 2.07 bits per heavy atom. The lowest BCUT2D eigenvalue weighted by Gasteiger charge is -2.14. The molecule has 0 aliphatic carbocycles. The zero-order chi connectivity index (χ0) is 20.1. The Morgan fingerprint density at radius 3 is 2.71 bits per heavy atom. The van der Waals surface area contributed by atoms with Gasteiger partial charge in [-0.1, -0.05) is 25.1 Å². The molecule has 2 amide bonds. The maximum Gasteiger partial charge on any atom is 0.405 e. The molecule has 0 aliphatic rings. The molecule has 3 aromatic rings. The number of carbonyl (C=O) groups excluding carboxylic acids is 1. The molecule has 9 nitrogen and oxygen atoms in total. The van der Waals surface area contributed by atoms with Crippen molar-refractivity contribution < 1.29 is 24.0 Å². The zero-order valence-corrected chi connectivity index (χ0v) is 15.4. The summed E-state index contributed by atoms with van der Waals surface area (Å²) in [5.74, 6) is 0.461. The molecule has 0 saturated heterocycles. The highest BCUT2D eigenvalue weighted by Gasteiger charge is 2.18. The Morgan fingerprint density at radius 1 is 1.25 bits per heavy atom. The van der Waals surface area contributed by atoms with Crippen molar-refractivity contribution >= 4 is 28.7 Å². The second-order valence-corrected chi connectivity index (χ2v) is 6.00. The van der Waals surface area contributed by atoms with Gasteiger partial charge in [0.1, 0.15) is 11.8 Å². The normalized spacial score (nSPS) is 11.8. The van der Waals surface area contributed by atoms with Crippen molar-refractivity contribution in [3.8, 4) is 11.6 Å². The molecule has 1 aromatic carbocycles. The van der Waals surface area contributed by atoms with E-state index in [-0.39, 0.29) is 0 Å². The third-order valence-corrected chi connectivity index (χ3v) is 4.11. The number of nitrogens with zero attached hydrogens (tertiary/aromatic N) is 2. The van der Waals surface area contributed by atoms with Crippen LogP contribution in [0, 0.1) is 0 Å². The van der Waals surface area contributed by atoms with E-state index < -0.39 is 18.0 Å². The number of nitrogens with one attached hydrogen (secondary N) is 2. The monoisotopic (exact) mass is 384 g/mol. The number of anilines is 1. The molecule has 0 spiro atoms. The van der Waals surface area contributed by atoms with E-state index >= 15 is 0 Å². The summed E-state index contributed by atoms with van der Waals surface area (Å²) in [6.07, 6.45) is 1.22. The fourth-order valence-corrected chi connectivity index (χ4v) is 2.71. The van der Waals surface area contributed by atoms with Crippen molar-refractivity contribution in [3.63, 3.8) is 0 Å². The molecule has 0 fully saturated rings. The van der Waals surface area contributed by atoms with Crippen molar-refractivity contribution in [2.45, 2.75) is 32.7 Å². The Balaban J connectivity index is 1.72. The topological polar surface area (TPSA) is 127 Å². The Labute approximate surface area is 160 Å². The number of pyridine rings is 1. The Bertz CT molecular complexity index is 984. The van der Waals surface area contributed by atoms with Crippen LogP contribution in [-0.4, -0.2) is 33.3 Å². The highest BCUT2D eigenvalue weighted by Crippen LogP contribution is 2.32. The number of aromatic nitrogens is 2. The van der Waals surface area contributed by atoms with Gasteiger partial charge in [0, 0.05) is 6.07 Å². The van der Waals surface area contributed by atoms with Crippen LogP contribution in [0.3, 0.4) is 0 Å². The van der Waals surface area contributed by atoms with E-state index in [4.69, 9.17) is 14.4 Å². The molecule has 0 aliphatic heterocycles. The fraction of sp³-hybridized carbons (Fsp3) is 0.263. The first-order chi connectivity index (χ1) is 13.5. The van der Waals surface area contributed by atoms with Crippen molar-refractivity contribution in [2.75, 3.05) is 5.32 Å². The number of amides is 2. The largest absolute Gasteiger partial charge is 0.465 e. The van der Waals surface area contributed by atoms with Crippen LogP contribution in [0.15, 0.2) is 41.1 Å². The second-order valence-electron chi connectivity index (χ2n) is 6.00. The molecule has 3 N–H and O–H groups in total. The SMILES string of the molecule is CCc1noc2cccc(Oc3ccc(NC(=O)C(CC)NC(=O)O)cn3)c12. The van der Waals surface area contributed by atoms with Gasteiger partial charge in [-0.25, -0.2) is 9.78 Å². The van der Waals surface area contributed by atoms with Gasteiger partial charge >= 0.3 is 6.09 Å². The second kappa shape index (κ2) is 8.38.